The Morgan fingerprint density at radius 2 is 1.73 bits per heavy atom. The Balaban J connectivity index is 2.03. The Kier molecular flexibility index (Phi) is 5.48. The maximum atomic E-state index is 11.8. The zero-order valence-electron chi connectivity index (χ0n) is 16.9. The molecule has 0 aliphatic heterocycles. The van der Waals surface area contributed by atoms with Gasteiger partial charge in [-0.2, -0.15) is 0 Å². The molecular formula is C24H25NO5. The quantitative estimate of drug-likeness (QED) is 0.590. The van der Waals surface area contributed by atoms with Gasteiger partial charge in [0.2, 0.25) is 0 Å². The van der Waals surface area contributed by atoms with E-state index >= 15 is 0 Å². The zero-order valence-corrected chi connectivity index (χ0v) is 16.9. The molecule has 0 saturated heterocycles. The first-order valence-electron chi connectivity index (χ1n) is 10.3. The molecule has 0 bridgehead atoms. The minimum absolute atomic E-state index is 0.163. The molecule has 3 aromatic rings. The van der Waals surface area contributed by atoms with E-state index in [1.165, 1.54) is 6.42 Å². The van der Waals surface area contributed by atoms with E-state index in [-0.39, 0.29) is 18.0 Å². The number of ether oxygens (including phenoxy) is 1. The highest BCUT2D eigenvalue weighted by Crippen LogP contribution is 2.41. The molecule has 1 heterocycles. The van der Waals surface area contributed by atoms with Crippen molar-refractivity contribution in [3.8, 4) is 17.0 Å². The van der Waals surface area contributed by atoms with Crippen molar-refractivity contribution in [3.63, 3.8) is 0 Å². The summed E-state index contributed by atoms with van der Waals surface area (Å²) in [5.41, 5.74) is 3.50. The van der Waals surface area contributed by atoms with Crippen molar-refractivity contribution in [2.75, 3.05) is 7.11 Å². The molecule has 1 aliphatic rings. The summed E-state index contributed by atoms with van der Waals surface area (Å²) in [5, 5.41) is 19.8. The van der Waals surface area contributed by atoms with Crippen molar-refractivity contribution in [2.45, 2.75) is 44.6 Å². The van der Waals surface area contributed by atoms with Gasteiger partial charge in [-0.15, -0.1) is 0 Å². The third-order valence-corrected chi connectivity index (χ3v) is 5.99. The van der Waals surface area contributed by atoms with Crippen LogP contribution in [0.1, 0.15) is 54.1 Å². The van der Waals surface area contributed by atoms with E-state index in [9.17, 15) is 19.8 Å². The lowest BCUT2D eigenvalue weighted by molar-refractivity contribution is -0.136. The van der Waals surface area contributed by atoms with Crippen molar-refractivity contribution in [3.05, 3.63) is 53.6 Å². The summed E-state index contributed by atoms with van der Waals surface area (Å²) in [6, 6.07) is 12.9. The molecule has 1 aliphatic carbocycles. The van der Waals surface area contributed by atoms with Gasteiger partial charge in [0.25, 0.3) is 0 Å². The minimum atomic E-state index is -1.02. The number of aliphatic carboxylic acids is 1. The summed E-state index contributed by atoms with van der Waals surface area (Å²) < 4.78 is 7.53. The monoisotopic (exact) mass is 407 g/mol. The lowest BCUT2D eigenvalue weighted by Crippen LogP contribution is -2.14. The number of fused-ring (bicyclic) bond motifs is 1. The molecule has 2 N–H and O–H groups in total. The number of aromatic nitrogens is 1. The molecule has 6 heteroatoms. The van der Waals surface area contributed by atoms with E-state index in [0.717, 1.165) is 48.2 Å². The number of nitrogens with zero attached hydrogens (tertiary/aromatic N) is 1. The summed E-state index contributed by atoms with van der Waals surface area (Å²) in [5.74, 6) is -1.23. The second kappa shape index (κ2) is 8.22. The number of carboxylic acid groups (broad SMARTS) is 2. The van der Waals surface area contributed by atoms with E-state index in [1.54, 1.807) is 19.2 Å². The Labute approximate surface area is 174 Å². The molecule has 6 nitrogen and oxygen atoms in total. The third-order valence-electron chi connectivity index (χ3n) is 5.99. The minimum Gasteiger partial charge on any atom is -0.497 e. The number of aromatic carboxylic acids is 1. The molecule has 0 radical (unpaired) electrons. The van der Waals surface area contributed by atoms with Crippen molar-refractivity contribution in [1.82, 2.24) is 4.57 Å². The summed E-state index contributed by atoms with van der Waals surface area (Å²) in [6.45, 7) is 0. The highest BCUT2D eigenvalue weighted by atomic mass is 16.5. The molecule has 2 aromatic carbocycles. The molecule has 1 fully saturated rings. The van der Waals surface area contributed by atoms with Crippen LogP contribution in [-0.4, -0.2) is 33.8 Å². The smallest absolute Gasteiger partial charge is 0.335 e. The molecule has 0 amide bonds. The highest BCUT2D eigenvalue weighted by Gasteiger charge is 2.26. The van der Waals surface area contributed by atoms with Crippen LogP contribution in [0.25, 0.3) is 22.2 Å². The van der Waals surface area contributed by atoms with Crippen LogP contribution in [-0.2, 0) is 11.2 Å². The Morgan fingerprint density at radius 1 is 1.03 bits per heavy atom. The first-order chi connectivity index (χ1) is 14.5. The third kappa shape index (κ3) is 3.65. The standard InChI is InChI=1S/C24H25NO5/c1-30-18-10-7-15(8-11-18)23-20(14-22(26)27)19-13-16(24(28)29)9-12-21(19)25(23)17-5-3-2-4-6-17/h7-13,17H,2-6,14H2,1H3,(H,26,27)(H,28,29). The van der Waals surface area contributed by atoms with Gasteiger partial charge in [0.05, 0.1) is 24.8 Å². The van der Waals surface area contributed by atoms with Crippen LogP contribution in [0.4, 0.5) is 0 Å². The predicted octanol–water partition coefficient (Wildman–Crippen LogP) is 5.15. The van der Waals surface area contributed by atoms with E-state index in [0.29, 0.717) is 10.9 Å². The van der Waals surface area contributed by atoms with Crippen molar-refractivity contribution >= 4 is 22.8 Å². The van der Waals surface area contributed by atoms with Gasteiger partial charge >= 0.3 is 11.9 Å². The molecular weight excluding hydrogens is 382 g/mol. The normalized spacial score (nSPS) is 14.7. The molecule has 156 valence electrons. The van der Waals surface area contributed by atoms with Crippen molar-refractivity contribution < 1.29 is 24.5 Å². The second-order valence-electron chi connectivity index (χ2n) is 7.83. The topological polar surface area (TPSA) is 88.8 Å². The van der Waals surface area contributed by atoms with Crippen LogP contribution in [0.15, 0.2) is 42.5 Å². The number of hydrogen-bond donors (Lipinski definition) is 2. The van der Waals surface area contributed by atoms with Crippen molar-refractivity contribution in [1.29, 1.82) is 0 Å². The molecule has 30 heavy (non-hydrogen) atoms. The van der Waals surface area contributed by atoms with Gasteiger partial charge in [-0.25, -0.2) is 4.79 Å². The second-order valence-corrected chi connectivity index (χ2v) is 7.83. The molecule has 1 saturated carbocycles. The number of methoxy groups -OCH3 is 1. The van der Waals surface area contributed by atoms with Crippen LogP contribution in [0.2, 0.25) is 0 Å². The molecule has 4 rings (SSSR count). The number of hydrogen-bond acceptors (Lipinski definition) is 3. The average Bonchev–Trinajstić information content (AvgIpc) is 3.07. The lowest BCUT2D eigenvalue weighted by Gasteiger charge is -2.27. The predicted molar refractivity (Wildman–Crippen MR) is 114 cm³/mol. The van der Waals surface area contributed by atoms with Gasteiger partial charge in [0.15, 0.2) is 0 Å². The fraction of sp³-hybridized carbons (Fsp3) is 0.333. The highest BCUT2D eigenvalue weighted by molar-refractivity contribution is 5.99. The fourth-order valence-corrected chi connectivity index (χ4v) is 4.63. The van der Waals surface area contributed by atoms with Crippen LogP contribution in [0.3, 0.4) is 0 Å². The van der Waals surface area contributed by atoms with Gasteiger partial charge in [-0.1, -0.05) is 19.3 Å². The fourth-order valence-electron chi connectivity index (χ4n) is 4.63. The first kappa shape index (κ1) is 20.0. The number of rotatable bonds is 6. The van der Waals surface area contributed by atoms with Crippen LogP contribution < -0.4 is 4.74 Å². The maximum absolute atomic E-state index is 11.8. The number of carboxylic acids is 2. The van der Waals surface area contributed by atoms with Gasteiger partial charge < -0.3 is 19.5 Å². The van der Waals surface area contributed by atoms with E-state index in [1.807, 2.05) is 30.3 Å². The van der Waals surface area contributed by atoms with Crippen molar-refractivity contribution in [2.24, 2.45) is 0 Å². The Hall–Kier alpha value is -3.28. The van der Waals surface area contributed by atoms with E-state index in [2.05, 4.69) is 4.57 Å². The van der Waals surface area contributed by atoms with Gasteiger partial charge in [-0.3, -0.25) is 4.79 Å². The van der Waals surface area contributed by atoms with Crippen LogP contribution >= 0.6 is 0 Å². The lowest BCUT2D eigenvalue weighted by atomic mass is 9.94. The maximum Gasteiger partial charge on any atom is 0.335 e. The SMILES string of the molecule is COc1ccc(-c2c(CC(=O)O)c3cc(C(=O)O)ccc3n2C2CCCCC2)cc1. The molecule has 0 unspecified atom stereocenters. The summed E-state index contributed by atoms with van der Waals surface area (Å²) >= 11 is 0. The summed E-state index contributed by atoms with van der Waals surface area (Å²) in [6.07, 6.45) is 5.36. The van der Waals surface area contributed by atoms with Gasteiger partial charge in [0.1, 0.15) is 5.75 Å². The summed E-state index contributed by atoms with van der Waals surface area (Å²) in [7, 11) is 1.61. The molecule has 1 aromatic heterocycles. The van der Waals surface area contributed by atoms with Gasteiger partial charge in [-0.05, 0) is 66.4 Å². The number of benzene rings is 2. The molecule has 0 atom stereocenters. The van der Waals surface area contributed by atoms with E-state index in [4.69, 9.17) is 4.74 Å². The van der Waals surface area contributed by atoms with Crippen LogP contribution in [0, 0.1) is 0 Å². The first-order valence-corrected chi connectivity index (χ1v) is 10.3. The largest absolute Gasteiger partial charge is 0.497 e. The molecule has 0 spiro atoms. The van der Waals surface area contributed by atoms with Gasteiger partial charge in [0, 0.05) is 16.9 Å². The zero-order chi connectivity index (χ0) is 21.3. The Bertz CT molecular complexity index is 1090. The number of carbonyl (C=O) groups is 2. The van der Waals surface area contributed by atoms with Crippen LogP contribution in [0.5, 0.6) is 5.75 Å². The van der Waals surface area contributed by atoms with E-state index < -0.39 is 11.9 Å². The Morgan fingerprint density at radius 3 is 2.33 bits per heavy atom. The average molecular weight is 407 g/mol. The summed E-state index contributed by atoms with van der Waals surface area (Å²) in [4.78, 5) is 23.3.